The van der Waals surface area contributed by atoms with Crippen LogP contribution in [0.1, 0.15) is 44.2 Å². The first-order chi connectivity index (χ1) is 8.90. The molecule has 0 aliphatic heterocycles. The van der Waals surface area contributed by atoms with E-state index in [4.69, 9.17) is 4.74 Å². The third kappa shape index (κ3) is 4.79. The molecule has 1 unspecified atom stereocenters. The van der Waals surface area contributed by atoms with Crippen LogP contribution in [0.25, 0.3) is 0 Å². The Morgan fingerprint density at radius 1 is 1.28 bits per heavy atom. The standard InChI is InChI=1S/C16H25NO/c1-2-16(15-7-4-3-5-8-15)17-11-6-12-18-13-14-9-10-14/h3-5,7-8,14,16-17H,2,6,9-13H2,1H3. The molecule has 1 N–H and O–H groups in total. The molecule has 2 rings (SSSR count). The highest BCUT2D eigenvalue weighted by Crippen LogP contribution is 2.28. The van der Waals surface area contributed by atoms with Crippen LogP contribution in [-0.4, -0.2) is 19.8 Å². The fourth-order valence-corrected chi connectivity index (χ4v) is 2.17. The molecule has 1 aromatic rings. The summed E-state index contributed by atoms with van der Waals surface area (Å²) in [6.45, 7) is 5.15. The Morgan fingerprint density at radius 3 is 2.72 bits per heavy atom. The van der Waals surface area contributed by atoms with Crippen molar-refractivity contribution < 1.29 is 4.74 Å². The lowest BCUT2D eigenvalue weighted by atomic mass is 10.0. The SMILES string of the molecule is CCC(NCCCOCC1CC1)c1ccccc1. The molecule has 1 aliphatic rings. The predicted molar refractivity (Wildman–Crippen MR) is 75.6 cm³/mol. The van der Waals surface area contributed by atoms with E-state index >= 15 is 0 Å². The number of ether oxygens (including phenoxy) is 1. The third-order valence-electron chi connectivity index (χ3n) is 3.52. The largest absolute Gasteiger partial charge is 0.381 e. The molecule has 0 heterocycles. The van der Waals surface area contributed by atoms with Gasteiger partial charge in [0.25, 0.3) is 0 Å². The van der Waals surface area contributed by atoms with Crippen molar-refractivity contribution in [3.63, 3.8) is 0 Å². The van der Waals surface area contributed by atoms with Gasteiger partial charge in [-0.05, 0) is 43.7 Å². The van der Waals surface area contributed by atoms with Crippen LogP contribution in [0, 0.1) is 5.92 Å². The van der Waals surface area contributed by atoms with Crippen molar-refractivity contribution in [3.8, 4) is 0 Å². The molecule has 0 bridgehead atoms. The van der Waals surface area contributed by atoms with Gasteiger partial charge in [0.2, 0.25) is 0 Å². The number of rotatable bonds is 9. The molecule has 1 aromatic carbocycles. The van der Waals surface area contributed by atoms with Crippen molar-refractivity contribution in [1.82, 2.24) is 5.32 Å². The normalized spacial score (nSPS) is 16.7. The first-order valence-corrected chi connectivity index (χ1v) is 7.26. The Hall–Kier alpha value is -0.860. The van der Waals surface area contributed by atoms with Crippen molar-refractivity contribution in [2.75, 3.05) is 19.8 Å². The minimum atomic E-state index is 0.481. The van der Waals surface area contributed by atoms with E-state index < -0.39 is 0 Å². The monoisotopic (exact) mass is 247 g/mol. The lowest BCUT2D eigenvalue weighted by Crippen LogP contribution is -2.22. The lowest BCUT2D eigenvalue weighted by molar-refractivity contribution is 0.121. The van der Waals surface area contributed by atoms with E-state index in [0.29, 0.717) is 6.04 Å². The van der Waals surface area contributed by atoms with Gasteiger partial charge in [-0.15, -0.1) is 0 Å². The second-order valence-electron chi connectivity index (χ2n) is 5.20. The van der Waals surface area contributed by atoms with Gasteiger partial charge in [0.05, 0.1) is 0 Å². The zero-order chi connectivity index (χ0) is 12.6. The number of benzene rings is 1. The van der Waals surface area contributed by atoms with Crippen LogP contribution in [0.2, 0.25) is 0 Å². The molecule has 1 aliphatic carbocycles. The Balaban J connectivity index is 1.58. The number of hydrogen-bond acceptors (Lipinski definition) is 2. The average molecular weight is 247 g/mol. The summed E-state index contributed by atoms with van der Waals surface area (Å²) in [4.78, 5) is 0. The molecule has 0 spiro atoms. The fourth-order valence-electron chi connectivity index (χ4n) is 2.17. The first-order valence-electron chi connectivity index (χ1n) is 7.26. The maximum Gasteiger partial charge on any atom is 0.0494 e. The zero-order valence-electron chi connectivity index (χ0n) is 11.4. The second kappa shape index (κ2) is 7.55. The third-order valence-corrected chi connectivity index (χ3v) is 3.52. The van der Waals surface area contributed by atoms with Crippen LogP contribution in [0.3, 0.4) is 0 Å². The first kappa shape index (κ1) is 13.6. The molecule has 1 saturated carbocycles. The van der Waals surface area contributed by atoms with Crippen molar-refractivity contribution in [1.29, 1.82) is 0 Å². The fraction of sp³-hybridized carbons (Fsp3) is 0.625. The summed E-state index contributed by atoms with van der Waals surface area (Å²) in [6, 6.07) is 11.2. The summed E-state index contributed by atoms with van der Waals surface area (Å²) in [5.41, 5.74) is 1.39. The quantitative estimate of drug-likeness (QED) is 0.674. The second-order valence-corrected chi connectivity index (χ2v) is 5.20. The highest BCUT2D eigenvalue weighted by atomic mass is 16.5. The predicted octanol–water partition coefficient (Wildman–Crippen LogP) is 3.54. The van der Waals surface area contributed by atoms with Crippen molar-refractivity contribution in [2.45, 2.75) is 38.6 Å². The van der Waals surface area contributed by atoms with Crippen LogP contribution in [0.4, 0.5) is 0 Å². The van der Waals surface area contributed by atoms with E-state index in [9.17, 15) is 0 Å². The lowest BCUT2D eigenvalue weighted by Gasteiger charge is -2.17. The Kier molecular flexibility index (Phi) is 5.69. The van der Waals surface area contributed by atoms with E-state index in [-0.39, 0.29) is 0 Å². The van der Waals surface area contributed by atoms with Gasteiger partial charge >= 0.3 is 0 Å². The maximum atomic E-state index is 5.64. The van der Waals surface area contributed by atoms with Gasteiger partial charge < -0.3 is 10.1 Å². The Bertz CT molecular complexity index is 321. The topological polar surface area (TPSA) is 21.3 Å². The van der Waals surface area contributed by atoms with Gasteiger partial charge in [-0.3, -0.25) is 0 Å². The van der Waals surface area contributed by atoms with E-state index in [1.807, 2.05) is 0 Å². The van der Waals surface area contributed by atoms with E-state index in [0.717, 1.165) is 38.5 Å². The number of hydrogen-bond donors (Lipinski definition) is 1. The molecule has 2 heteroatoms. The Labute approximate surface area is 111 Å². The summed E-state index contributed by atoms with van der Waals surface area (Å²) in [6.07, 6.45) is 5.00. The molecular weight excluding hydrogens is 222 g/mol. The molecule has 0 radical (unpaired) electrons. The van der Waals surface area contributed by atoms with Crippen LogP contribution in [0.15, 0.2) is 30.3 Å². The Morgan fingerprint density at radius 2 is 2.06 bits per heavy atom. The molecule has 18 heavy (non-hydrogen) atoms. The molecule has 2 nitrogen and oxygen atoms in total. The minimum Gasteiger partial charge on any atom is -0.381 e. The summed E-state index contributed by atoms with van der Waals surface area (Å²) >= 11 is 0. The highest BCUT2D eigenvalue weighted by Gasteiger charge is 2.20. The highest BCUT2D eigenvalue weighted by molar-refractivity contribution is 5.18. The van der Waals surface area contributed by atoms with Gasteiger partial charge in [0, 0.05) is 19.3 Å². The maximum absolute atomic E-state index is 5.64. The van der Waals surface area contributed by atoms with Gasteiger partial charge in [-0.25, -0.2) is 0 Å². The van der Waals surface area contributed by atoms with Crippen LogP contribution >= 0.6 is 0 Å². The van der Waals surface area contributed by atoms with Crippen molar-refractivity contribution in [2.24, 2.45) is 5.92 Å². The van der Waals surface area contributed by atoms with Gasteiger partial charge in [0.15, 0.2) is 0 Å². The van der Waals surface area contributed by atoms with Crippen LogP contribution in [-0.2, 0) is 4.74 Å². The minimum absolute atomic E-state index is 0.481. The van der Waals surface area contributed by atoms with Gasteiger partial charge in [0.1, 0.15) is 0 Å². The zero-order valence-corrected chi connectivity index (χ0v) is 11.4. The molecule has 0 saturated heterocycles. The summed E-state index contributed by atoms with van der Waals surface area (Å²) in [7, 11) is 0. The van der Waals surface area contributed by atoms with Crippen LogP contribution < -0.4 is 5.32 Å². The molecule has 100 valence electrons. The van der Waals surface area contributed by atoms with Crippen LogP contribution in [0.5, 0.6) is 0 Å². The summed E-state index contributed by atoms with van der Waals surface area (Å²) < 4.78 is 5.64. The molecular formula is C16H25NO. The number of nitrogens with one attached hydrogen (secondary N) is 1. The molecule has 1 atom stereocenters. The molecule has 0 aromatic heterocycles. The average Bonchev–Trinajstić information content (AvgIpc) is 3.23. The van der Waals surface area contributed by atoms with Crippen molar-refractivity contribution >= 4 is 0 Å². The smallest absolute Gasteiger partial charge is 0.0494 e. The van der Waals surface area contributed by atoms with E-state index in [1.165, 1.54) is 18.4 Å². The van der Waals surface area contributed by atoms with Gasteiger partial charge in [-0.1, -0.05) is 37.3 Å². The molecule has 1 fully saturated rings. The van der Waals surface area contributed by atoms with Gasteiger partial charge in [-0.2, -0.15) is 0 Å². The molecule has 0 amide bonds. The summed E-state index contributed by atoms with van der Waals surface area (Å²) in [5, 5.41) is 3.61. The summed E-state index contributed by atoms with van der Waals surface area (Å²) in [5.74, 6) is 0.880. The van der Waals surface area contributed by atoms with E-state index in [1.54, 1.807) is 0 Å². The van der Waals surface area contributed by atoms with E-state index in [2.05, 4.69) is 42.6 Å². The van der Waals surface area contributed by atoms with Crippen molar-refractivity contribution in [3.05, 3.63) is 35.9 Å².